The van der Waals surface area contributed by atoms with Crippen molar-refractivity contribution in [3.8, 4) is 0 Å². The molecule has 0 radical (unpaired) electrons. The second-order valence-corrected chi connectivity index (χ2v) is 5.27. The number of ether oxygens (including phenoxy) is 1. The van der Waals surface area contributed by atoms with Crippen LogP contribution in [0, 0.1) is 6.92 Å². The molecule has 1 heterocycles. The Morgan fingerprint density at radius 1 is 1.17 bits per heavy atom. The Labute approximate surface area is 135 Å². The molecule has 6 heteroatoms. The van der Waals surface area contributed by atoms with Crippen LogP contribution in [0.1, 0.15) is 28.7 Å². The summed E-state index contributed by atoms with van der Waals surface area (Å²) in [5.41, 5.74) is 1.79. The minimum atomic E-state index is -0.890. The molecular formula is C17H19N3O3. The van der Waals surface area contributed by atoms with E-state index in [1.165, 1.54) is 17.3 Å². The number of amides is 1. The standard InChI is InChI=1S/C17H19N3O3/c1-12-9-19-15(10-18-12)17(22)23-13(2)16(21)20(3)11-14-7-5-4-6-8-14/h4-10,13H,11H2,1-3H3/t13-/m1/s1. The third-order valence-electron chi connectivity index (χ3n) is 3.26. The maximum absolute atomic E-state index is 12.3. The highest BCUT2D eigenvalue weighted by Crippen LogP contribution is 2.07. The van der Waals surface area contributed by atoms with Gasteiger partial charge in [-0.15, -0.1) is 0 Å². The number of carbonyl (C=O) groups is 2. The zero-order chi connectivity index (χ0) is 16.8. The molecule has 0 bridgehead atoms. The fourth-order valence-corrected chi connectivity index (χ4v) is 2.01. The van der Waals surface area contributed by atoms with Crippen LogP contribution in [0.15, 0.2) is 42.7 Å². The van der Waals surface area contributed by atoms with Crippen molar-refractivity contribution in [3.63, 3.8) is 0 Å². The van der Waals surface area contributed by atoms with Crippen LogP contribution < -0.4 is 0 Å². The Kier molecular flexibility index (Phi) is 5.41. The molecule has 0 aliphatic heterocycles. The average molecular weight is 313 g/mol. The van der Waals surface area contributed by atoms with Gasteiger partial charge in [-0.25, -0.2) is 9.78 Å². The molecule has 23 heavy (non-hydrogen) atoms. The van der Waals surface area contributed by atoms with Gasteiger partial charge in [-0.2, -0.15) is 0 Å². The van der Waals surface area contributed by atoms with Crippen molar-refractivity contribution in [1.29, 1.82) is 0 Å². The second-order valence-electron chi connectivity index (χ2n) is 5.27. The predicted molar refractivity (Wildman–Crippen MR) is 84.6 cm³/mol. The average Bonchev–Trinajstić information content (AvgIpc) is 2.55. The highest BCUT2D eigenvalue weighted by Gasteiger charge is 2.23. The molecule has 1 atom stereocenters. The number of aryl methyl sites for hydroxylation is 1. The van der Waals surface area contributed by atoms with Gasteiger partial charge in [0, 0.05) is 19.8 Å². The lowest BCUT2D eigenvalue weighted by atomic mass is 10.2. The van der Waals surface area contributed by atoms with E-state index in [0.29, 0.717) is 12.2 Å². The van der Waals surface area contributed by atoms with E-state index >= 15 is 0 Å². The van der Waals surface area contributed by atoms with Gasteiger partial charge in [-0.05, 0) is 19.4 Å². The van der Waals surface area contributed by atoms with Crippen LogP contribution in [0.3, 0.4) is 0 Å². The van der Waals surface area contributed by atoms with Crippen LogP contribution in [-0.4, -0.2) is 39.9 Å². The zero-order valence-electron chi connectivity index (χ0n) is 13.4. The Bertz CT molecular complexity index is 671. The summed E-state index contributed by atoms with van der Waals surface area (Å²) in [6.45, 7) is 3.77. The van der Waals surface area contributed by atoms with Crippen LogP contribution in [0.25, 0.3) is 0 Å². The summed E-state index contributed by atoms with van der Waals surface area (Å²) in [6.07, 6.45) is 1.92. The maximum Gasteiger partial charge on any atom is 0.359 e. The van der Waals surface area contributed by atoms with Gasteiger partial charge >= 0.3 is 5.97 Å². The molecule has 1 aromatic carbocycles. The van der Waals surface area contributed by atoms with E-state index in [-0.39, 0.29) is 11.6 Å². The molecule has 0 N–H and O–H groups in total. The Hall–Kier alpha value is -2.76. The van der Waals surface area contributed by atoms with Crippen molar-refractivity contribution in [2.75, 3.05) is 7.05 Å². The molecule has 6 nitrogen and oxygen atoms in total. The van der Waals surface area contributed by atoms with Gasteiger partial charge in [0.1, 0.15) is 0 Å². The van der Waals surface area contributed by atoms with Crippen molar-refractivity contribution in [1.82, 2.24) is 14.9 Å². The number of likely N-dealkylation sites (N-methyl/N-ethyl adjacent to an activating group) is 1. The zero-order valence-corrected chi connectivity index (χ0v) is 13.4. The largest absolute Gasteiger partial charge is 0.448 e. The quantitative estimate of drug-likeness (QED) is 0.789. The first-order valence-corrected chi connectivity index (χ1v) is 7.26. The molecule has 0 aliphatic rings. The van der Waals surface area contributed by atoms with E-state index < -0.39 is 12.1 Å². The SMILES string of the molecule is Cc1cnc(C(=O)O[C@H](C)C(=O)N(C)Cc2ccccc2)cn1. The van der Waals surface area contributed by atoms with Crippen LogP contribution in [0.2, 0.25) is 0 Å². The van der Waals surface area contributed by atoms with E-state index in [1.54, 1.807) is 20.9 Å². The third-order valence-corrected chi connectivity index (χ3v) is 3.26. The molecule has 0 unspecified atom stereocenters. The van der Waals surface area contributed by atoms with Crippen molar-refractivity contribution < 1.29 is 14.3 Å². The Morgan fingerprint density at radius 3 is 2.48 bits per heavy atom. The Morgan fingerprint density at radius 2 is 1.87 bits per heavy atom. The molecule has 2 rings (SSSR count). The normalized spacial score (nSPS) is 11.6. The monoisotopic (exact) mass is 313 g/mol. The first-order valence-electron chi connectivity index (χ1n) is 7.26. The molecule has 0 saturated heterocycles. The number of carbonyl (C=O) groups excluding carboxylic acids is 2. The minimum absolute atomic E-state index is 0.0842. The number of hydrogen-bond donors (Lipinski definition) is 0. The molecule has 0 saturated carbocycles. The summed E-state index contributed by atoms with van der Waals surface area (Å²) >= 11 is 0. The van der Waals surface area contributed by atoms with Crippen LogP contribution in [0.4, 0.5) is 0 Å². The van der Waals surface area contributed by atoms with Gasteiger partial charge in [0.05, 0.1) is 11.9 Å². The van der Waals surface area contributed by atoms with Gasteiger partial charge < -0.3 is 9.64 Å². The van der Waals surface area contributed by atoms with Crippen molar-refractivity contribution in [2.45, 2.75) is 26.5 Å². The molecule has 0 fully saturated rings. The summed E-state index contributed by atoms with van der Waals surface area (Å²) in [5, 5.41) is 0. The molecule has 0 spiro atoms. The molecular weight excluding hydrogens is 294 g/mol. The summed E-state index contributed by atoms with van der Waals surface area (Å²) in [4.78, 5) is 33.7. The molecule has 2 aromatic rings. The maximum atomic E-state index is 12.3. The van der Waals surface area contributed by atoms with E-state index in [4.69, 9.17) is 4.74 Å². The Balaban J connectivity index is 1.93. The van der Waals surface area contributed by atoms with Crippen molar-refractivity contribution in [2.24, 2.45) is 0 Å². The van der Waals surface area contributed by atoms with Gasteiger partial charge in [0.15, 0.2) is 11.8 Å². The lowest BCUT2D eigenvalue weighted by Gasteiger charge is -2.21. The van der Waals surface area contributed by atoms with Gasteiger partial charge in [-0.3, -0.25) is 9.78 Å². The van der Waals surface area contributed by atoms with E-state index in [1.807, 2.05) is 30.3 Å². The first-order chi connectivity index (χ1) is 11.0. The highest BCUT2D eigenvalue weighted by atomic mass is 16.5. The van der Waals surface area contributed by atoms with Gasteiger partial charge in [0.25, 0.3) is 5.91 Å². The lowest BCUT2D eigenvalue weighted by Crippen LogP contribution is -2.37. The summed E-state index contributed by atoms with van der Waals surface area (Å²) in [6, 6.07) is 9.60. The molecule has 1 aromatic heterocycles. The number of rotatable bonds is 5. The number of benzene rings is 1. The van der Waals surface area contributed by atoms with Crippen molar-refractivity contribution >= 4 is 11.9 Å². The summed E-state index contributed by atoms with van der Waals surface area (Å²) < 4.78 is 5.16. The lowest BCUT2D eigenvalue weighted by molar-refractivity contribution is -0.139. The molecule has 1 amide bonds. The number of esters is 1. The molecule has 0 aliphatic carbocycles. The van der Waals surface area contributed by atoms with Crippen LogP contribution in [0.5, 0.6) is 0 Å². The first kappa shape index (κ1) is 16.6. The third kappa shape index (κ3) is 4.60. The second kappa shape index (κ2) is 7.49. The summed E-state index contributed by atoms with van der Waals surface area (Å²) in [7, 11) is 1.67. The van der Waals surface area contributed by atoms with Gasteiger partial charge in [-0.1, -0.05) is 30.3 Å². The topological polar surface area (TPSA) is 72.4 Å². The fraction of sp³-hybridized carbons (Fsp3) is 0.294. The fourth-order valence-electron chi connectivity index (χ4n) is 2.01. The molecule has 120 valence electrons. The van der Waals surface area contributed by atoms with E-state index in [2.05, 4.69) is 9.97 Å². The van der Waals surface area contributed by atoms with Crippen LogP contribution >= 0.6 is 0 Å². The van der Waals surface area contributed by atoms with E-state index in [9.17, 15) is 9.59 Å². The van der Waals surface area contributed by atoms with Crippen LogP contribution in [-0.2, 0) is 16.1 Å². The van der Waals surface area contributed by atoms with E-state index in [0.717, 1.165) is 5.56 Å². The summed E-state index contributed by atoms with van der Waals surface area (Å²) in [5.74, 6) is -0.936. The van der Waals surface area contributed by atoms with Crippen molar-refractivity contribution in [3.05, 3.63) is 59.7 Å². The smallest absolute Gasteiger partial charge is 0.359 e. The number of nitrogens with zero attached hydrogens (tertiary/aromatic N) is 3. The number of hydrogen-bond acceptors (Lipinski definition) is 5. The number of aromatic nitrogens is 2. The predicted octanol–water partition coefficient (Wildman–Crippen LogP) is 1.99. The minimum Gasteiger partial charge on any atom is -0.448 e. The van der Waals surface area contributed by atoms with Gasteiger partial charge in [0.2, 0.25) is 0 Å². The highest BCUT2D eigenvalue weighted by molar-refractivity contribution is 5.90.